The lowest BCUT2D eigenvalue weighted by Gasteiger charge is -2.14. The number of hydrogen-bond donors (Lipinski definition) is 2. The number of ether oxygens (including phenoxy) is 1. The highest BCUT2D eigenvalue weighted by atomic mass is 35.5. The van der Waals surface area contributed by atoms with Crippen LogP contribution in [0.15, 0.2) is 36.4 Å². The van der Waals surface area contributed by atoms with Gasteiger partial charge in [0.05, 0.1) is 16.4 Å². The van der Waals surface area contributed by atoms with Crippen molar-refractivity contribution in [2.45, 2.75) is 33.1 Å². The summed E-state index contributed by atoms with van der Waals surface area (Å²) in [4.78, 5) is 24.3. The fourth-order valence-electron chi connectivity index (χ4n) is 2.34. The fourth-order valence-corrected chi connectivity index (χ4v) is 2.81. The highest BCUT2D eigenvalue weighted by Crippen LogP contribution is 2.28. The van der Waals surface area contributed by atoms with Gasteiger partial charge in [0.1, 0.15) is 5.75 Å². The highest BCUT2D eigenvalue weighted by Gasteiger charge is 2.12. The Hall–Kier alpha value is -2.24. The van der Waals surface area contributed by atoms with Crippen molar-refractivity contribution in [1.29, 1.82) is 0 Å². The van der Waals surface area contributed by atoms with Gasteiger partial charge in [-0.3, -0.25) is 9.59 Å². The Morgan fingerprint density at radius 3 is 2.44 bits per heavy atom. The van der Waals surface area contributed by atoms with E-state index in [1.807, 2.05) is 19.9 Å². The van der Waals surface area contributed by atoms with Crippen LogP contribution in [0.1, 0.15) is 31.7 Å². The van der Waals surface area contributed by atoms with Crippen molar-refractivity contribution in [3.8, 4) is 5.75 Å². The maximum atomic E-state index is 12.3. The summed E-state index contributed by atoms with van der Waals surface area (Å²) in [6.45, 7) is 3.71. The first kappa shape index (κ1) is 21.1. The molecule has 0 radical (unpaired) electrons. The van der Waals surface area contributed by atoms with E-state index >= 15 is 0 Å². The van der Waals surface area contributed by atoms with Crippen LogP contribution in [0.2, 0.25) is 10.0 Å². The van der Waals surface area contributed by atoms with Gasteiger partial charge in [-0.25, -0.2) is 0 Å². The third-order valence-corrected chi connectivity index (χ3v) is 4.26. The minimum Gasteiger partial charge on any atom is -0.482 e. The number of hydrogen-bond acceptors (Lipinski definition) is 3. The van der Waals surface area contributed by atoms with E-state index in [0.717, 1.165) is 18.4 Å². The molecule has 0 saturated heterocycles. The average Bonchev–Trinajstić information content (AvgIpc) is 2.61. The van der Waals surface area contributed by atoms with Crippen LogP contribution in [0.3, 0.4) is 0 Å². The Morgan fingerprint density at radius 1 is 1.00 bits per heavy atom. The molecule has 0 aromatic heterocycles. The Bertz CT molecular complexity index is 825. The molecule has 0 fully saturated rings. The Balaban J connectivity index is 2.01. The molecule has 2 N–H and O–H groups in total. The van der Waals surface area contributed by atoms with Gasteiger partial charge in [0.2, 0.25) is 5.91 Å². The fraction of sp³-hybridized carbons (Fsp3) is 0.300. The molecule has 2 aromatic rings. The van der Waals surface area contributed by atoms with Crippen molar-refractivity contribution in [2.24, 2.45) is 0 Å². The molecule has 2 amide bonds. The zero-order valence-electron chi connectivity index (χ0n) is 15.3. The summed E-state index contributed by atoms with van der Waals surface area (Å²) < 4.78 is 5.44. The first-order valence-electron chi connectivity index (χ1n) is 8.67. The lowest BCUT2D eigenvalue weighted by molar-refractivity contribution is -0.118. The molecule has 0 atom stereocenters. The number of benzene rings is 2. The second kappa shape index (κ2) is 10.2. The predicted octanol–water partition coefficient (Wildman–Crippen LogP) is 5.45. The molecule has 0 saturated carbocycles. The molecular weight excluding hydrogens is 387 g/mol. The second-order valence-electron chi connectivity index (χ2n) is 6.11. The summed E-state index contributed by atoms with van der Waals surface area (Å²) in [7, 11) is 0. The standard InChI is InChI=1S/C20H22Cl2N2O3/c1-3-4-5-19(25)23-16-8-6-13(2)10-17(16)24-20(26)12-27-18-9-7-14(21)11-15(18)22/h6-11H,3-5,12H2,1-2H3,(H,23,25)(H,24,26). The van der Waals surface area contributed by atoms with Gasteiger partial charge in [0.25, 0.3) is 5.91 Å². The van der Waals surface area contributed by atoms with E-state index in [1.165, 1.54) is 0 Å². The van der Waals surface area contributed by atoms with E-state index in [1.54, 1.807) is 30.3 Å². The summed E-state index contributed by atoms with van der Waals surface area (Å²) >= 11 is 11.9. The van der Waals surface area contributed by atoms with Gasteiger partial charge in [-0.1, -0.05) is 42.6 Å². The molecule has 0 aliphatic carbocycles. The first-order chi connectivity index (χ1) is 12.9. The van der Waals surface area contributed by atoms with Crippen molar-refractivity contribution in [1.82, 2.24) is 0 Å². The number of aryl methyl sites for hydroxylation is 1. The van der Waals surface area contributed by atoms with Gasteiger partial charge in [-0.15, -0.1) is 0 Å². The van der Waals surface area contributed by atoms with E-state index in [9.17, 15) is 9.59 Å². The zero-order valence-corrected chi connectivity index (χ0v) is 16.8. The normalized spacial score (nSPS) is 10.4. The van der Waals surface area contributed by atoms with Crippen LogP contribution in [-0.2, 0) is 9.59 Å². The van der Waals surface area contributed by atoms with E-state index in [-0.39, 0.29) is 18.4 Å². The number of unbranched alkanes of at least 4 members (excludes halogenated alkanes) is 1. The van der Waals surface area contributed by atoms with Crippen molar-refractivity contribution in [2.75, 3.05) is 17.2 Å². The summed E-state index contributed by atoms with van der Waals surface area (Å²) in [6.07, 6.45) is 2.19. The average molecular weight is 409 g/mol. The molecular formula is C20H22Cl2N2O3. The number of halogens is 2. The SMILES string of the molecule is CCCCC(=O)Nc1ccc(C)cc1NC(=O)COc1ccc(Cl)cc1Cl. The largest absolute Gasteiger partial charge is 0.482 e. The highest BCUT2D eigenvalue weighted by molar-refractivity contribution is 6.35. The maximum absolute atomic E-state index is 12.3. The number of carbonyl (C=O) groups is 2. The van der Waals surface area contributed by atoms with E-state index in [0.29, 0.717) is 33.6 Å². The minimum atomic E-state index is -0.365. The molecule has 2 aromatic carbocycles. The smallest absolute Gasteiger partial charge is 0.262 e. The van der Waals surface area contributed by atoms with Crippen LogP contribution in [0.5, 0.6) is 5.75 Å². The van der Waals surface area contributed by atoms with Gasteiger partial charge < -0.3 is 15.4 Å². The lowest BCUT2D eigenvalue weighted by atomic mass is 10.1. The second-order valence-corrected chi connectivity index (χ2v) is 6.96. The van der Waals surface area contributed by atoms with Crippen LogP contribution < -0.4 is 15.4 Å². The van der Waals surface area contributed by atoms with Crippen LogP contribution in [-0.4, -0.2) is 18.4 Å². The molecule has 144 valence electrons. The molecule has 0 bridgehead atoms. The summed E-state index contributed by atoms with van der Waals surface area (Å²) in [5.74, 6) is -0.0791. The van der Waals surface area contributed by atoms with Crippen LogP contribution in [0, 0.1) is 6.92 Å². The summed E-state index contributed by atoms with van der Waals surface area (Å²) in [6, 6.07) is 10.2. The van der Waals surface area contributed by atoms with Gasteiger partial charge >= 0.3 is 0 Å². The predicted molar refractivity (Wildman–Crippen MR) is 110 cm³/mol. The third-order valence-electron chi connectivity index (χ3n) is 3.73. The Labute approximate surface area is 169 Å². The van der Waals surface area contributed by atoms with Crippen LogP contribution >= 0.6 is 23.2 Å². The number of nitrogens with one attached hydrogen (secondary N) is 2. The quantitative estimate of drug-likeness (QED) is 0.610. The number of anilines is 2. The summed E-state index contributed by atoms with van der Waals surface area (Å²) in [5, 5.41) is 6.42. The Kier molecular flexibility index (Phi) is 7.95. The molecule has 0 spiro atoms. The topological polar surface area (TPSA) is 67.4 Å². The molecule has 27 heavy (non-hydrogen) atoms. The van der Waals surface area contributed by atoms with Crippen molar-refractivity contribution in [3.05, 3.63) is 52.0 Å². The van der Waals surface area contributed by atoms with E-state index < -0.39 is 0 Å². The van der Waals surface area contributed by atoms with Crippen molar-refractivity contribution in [3.63, 3.8) is 0 Å². The third kappa shape index (κ3) is 6.77. The van der Waals surface area contributed by atoms with E-state index in [2.05, 4.69) is 10.6 Å². The first-order valence-corrected chi connectivity index (χ1v) is 9.43. The van der Waals surface area contributed by atoms with E-state index in [4.69, 9.17) is 27.9 Å². The lowest BCUT2D eigenvalue weighted by Crippen LogP contribution is -2.22. The number of amides is 2. The van der Waals surface area contributed by atoms with Crippen molar-refractivity contribution >= 4 is 46.4 Å². The van der Waals surface area contributed by atoms with Gasteiger partial charge in [-0.2, -0.15) is 0 Å². The van der Waals surface area contributed by atoms with Crippen molar-refractivity contribution < 1.29 is 14.3 Å². The zero-order chi connectivity index (χ0) is 19.8. The molecule has 0 aliphatic rings. The minimum absolute atomic E-state index is 0.0830. The maximum Gasteiger partial charge on any atom is 0.262 e. The van der Waals surface area contributed by atoms with Gasteiger partial charge in [0.15, 0.2) is 6.61 Å². The molecule has 0 unspecified atom stereocenters. The van der Waals surface area contributed by atoms with Gasteiger partial charge in [0, 0.05) is 11.4 Å². The monoisotopic (exact) mass is 408 g/mol. The molecule has 0 aliphatic heterocycles. The van der Waals surface area contributed by atoms with Gasteiger partial charge in [-0.05, 0) is 49.2 Å². The number of rotatable bonds is 8. The molecule has 0 heterocycles. The molecule has 5 nitrogen and oxygen atoms in total. The molecule has 7 heteroatoms. The van der Waals surface area contributed by atoms with Crippen LogP contribution in [0.25, 0.3) is 0 Å². The summed E-state index contributed by atoms with van der Waals surface area (Å²) in [5.41, 5.74) is 2.04. The Morgan fingerprint density at radius 2 is 1.74 bits per heavy atom. The number of carbonyl (C=O) groups excluding carboxylic acids is 2. The van der Waals surface area contributed by atoms with Crippen LogP contribution in [0.4, 0.5) is 11.4 Å². The molecule has 2 rings (SSSR count).